The smallest absolute Gasteiger partial charge is 0.0724 e. The van der Waals surface area contributed by atoms with Gasteiger partial charge in [0.1, 0.15) is 0 Å². The number of pyridine rings is 1. The number of hydrogen-bond donors (Lipinski definition) is 2. The fraction of sp³-hybridized carbons (Fsp3) is 0.318. The highest BCUT2D eigenvalue weighted by Gasteiger charge is 2.14. The van der Waals surface area contributed by atoms with Crippen LogP contribution in [0.15, 0.2) is 48.7 Å². The van der Waals surface area contributed by atoms with Crippen LogP contribution in [0.1, 0.15) is 11.1 Å². The fourth-order valence-corrected chi connectivity index (χ4v) is 3.75. The molecule has 0 unspecified atom stereocenters. The number of aromatic nitrogens is 1. The van der Waals surface area contributed by atoms with E-state index in [4.69, 9.17) is 11.6 Å². The zero-order valence-electron chi connectivity index (χ0n) is 16.0. The van der Waals surface area contributed by atoms with Crippen molar-refractivity contribution in [2.75, 3.05) is 38.5 Å². The summed E-state index contributed by atoms with van der Waals surface area (Å²) < 4.78 is 0. The SMILES string of the molecule is CN1CCN(Cc2ccc(Nc3c(CO)cnc4ccc(Cl)cc34)cc2)CC1. The third kappa shape index (κ3) is 4.28. The molecule has 6 heteroatoms. The molecule has 1 aromatic heterocycles. The van der Waals surface area contributed by atoms with E-state index in [1.165, 1.54) is 5.56 Å². The summed E-state index contributed by atoms with van der Waals surface area (Å²) in [5.41, 5.74) is 4.72. The van der Waals surface area contributed by atoms with Crippen LogP contribution in [0.4, 0.5) is 11.4 Å². The summed E-state index contributed by atoms with van der Waals surface area (Å²) in [6.45, 7) is 5.37. The maximum Gasteiger partial charge on any atom is 0.0724 e. The number of aliphatic hydroxyl groups excluding tert-OH is 1. The first-order chi connectivity index (χ1) is 13.6. The largest absolute Gasteiger partial charge is 0.392 e. The van der Waals surface area contributed by atoms with Crippen LogP contribution in [0.2, 0.25) is 5.02 Å². The van der Waals surface area contributed by atoms with Gasteiger partial charge < -0.3 is 15.3 Å². The van der Waals surface area contributed by atoms with Crippen molar-refractivity contribution in [3.63, 3.8) is 0 Å². The zero-order valence-corrected chi connectivity index (χ0v) is 16.8. The Balaban J connectivity index is 1.54. The minimum Gasteiger partial charge on any atom is -0.392 e. The number of fused-ring (bicyclic) bond motifs is 1. The van der Waals surface area contributed by atoms with Gasteiger partial charge >= 0.3 is 0 Å². The highest BCUT2D eigenvalue weighted by atomic mass is 35.5. The molecule has 1 fully saturated rings. The molecule has 5 nitrogen and oxygen atoms in total. The van der Waals surface area contributed by atoms with Crippen molar-refractivity contribution in [3.8, 4) is 0 Å². The van der Waals surface area contributed by atoms with Crippen molar-refractivity contribution in [2.24, 2.45) is 0 Å². The second kappa shape index (κ2) is 8.45. The quantitative estimate of drug-likeness (QED) is 0.685. The highest BCUT2D eigenvalue weighted by molar-refractivity contribution is 6.31. The lowest BCUT2D eigenvalue weighted by Gasteiger charge is -2.32. The number of rotatable bonds is 5. The van der Waals surface area contributed by atoms with Crippen LogP contribution in [-0.4, -0.2) is 53.1 Å². The van der Waals surface area contributed by atoms with Crippen LogP contribution >= 0.6 is 11.6 Å². The maximum atomic E-state index is 9.75. The van der Waals surface area contributed by atoms with Gasteiger partial charge in [-0.05, 0) is 42.9 Å². The van der Waals surface area contributed by atoms with Gasteiger partial charge in [-0.3, -0.25) is 9.88 Å². The third-order valence-electron chi connectivity index (χ3n) is 5.30. The number of halogens is 1. The molecule has 146 valence electrons. The normalized spacial score (nSPS) is 15.8. The maximum absolute atomic E-state index is 9.75. The predicted molar refractivity (Wildman–Crippen MR) is 115 cm³/mol. The van der Waals surface area contributed by atoms with Crippen molar-refractivity contribution >= 4 is 33.9 Å². The van der Waals surface area contributed by atoms with Gasteiger partial charge in [-0.1, -0.05) is 23.7 Å². The number of nitrogens with one attached hydrogen (secondary N) is 1. The van der Waals surface area contributed by atoms with Crippen LogP contribution in [0.25, 0.3) is 10.9 Å². The summed E-state index contributed by atoms with van der Waals surface area (Å²) in [4.78, 5) is 9.27. The summed E-state index contributed by atoms with van der Waals surface area (Å²) >= 11 is 6.19. The molecule has 2 aromatic carbocycles. The second-order valence-electron chi connectivity index (χ2n) is 7.38. The Morgan fingerprint density at radius 2 is 1.82 bits per heavy atom. The molecule has 0 aliphatic carbocycles. The van der Waals surface area contributed by atoms with E-state index in [1.807, 2.05) is 18.2 Å². The number of piperazine rings is 1. The van der Waals surface area contributed by atoms with Gasteiger partial charge in [0.05, 0.1) is 17.8 Å². The van der Waals surface area contributed by atoms with Crippen LogP contribution in [0, 0.1) is 0 Å². The number of benzene rings is 2. The Kier molecular flexibility index (Phi) is 5.78. The molecule has 1 aliphatic heterocycles. The van der Waals surface area contributed by atoms with E-state index >= 15 is 0 Å². The van der Waals surface area contributed by atoms with Crippen molar-refractivity contribution in [1.82, 2.24) is 14.8 Å². The van der Waals surface area contributed by atoms with E-state index in [1.54, 1.807) is 6.20 Å². The molecular formula is C22H25ClN4O. The molecule has 0 radical (unpaired) electrons. The first-order valence-corrected chi connectivity index (χ1v) is 9.95. The summed E-state index contributed by atoms with van der Waals surface area (Å²) in [6.07, 6.45) is 1.71. The van der Waals surface area contributed by atoms with Crippen LogP contribution in [-0.2, 0) is 13.2 Å². The first kappa shape index (κ1) is 19.2. The summed E-state index contributed by atoms with van der Waals surface area (Å²) in [5, 5.41) is 14.8. The van der Waals surface area contributed by atoms with E-state index in [0.717, 1.165) is 60.6 Å². The number of aliphatic hydroxyl groups is 1. The van der Waals surface area contributed by atoms with Crippen molar-refractivity contribution in [1.29, 1.82) is 0 Å². The van der Waals surface area contributed by atoms with E-state index in [9.17, 15) is 5.11 Å². The number of hydrogen-bond acceptors (Lipinski definition) is 5. The Morgan fingerprint density at radius 3 is 2.54 bits per heavy atom. The van der Waals surface area contributed by atoms with Crippen molar-refractivity contribution in [3.05, 3.63) is 64.8 Å². The Labute approximate surface area is 170 Å². The lowest BCUT2D eigenvalue weighted by molar-refractivity contribution is 0.148. The molecule has 1 saturated heterocycles. The van der Waals surface area contributed by atoms with E-state index in [-0.39, 0.29) is 6.61 Å². The molecular weight excluding hydrogens is 372 g/mol. The van der Waals surface area contributed by atoms with Crippen molar-refractivity contribution < 1.29 is 5.11 Å². The van der Waals surface area contributed by atoms with Crippen LogP contribution < -0.4 is 5.32 Å². The van der Waals surface area contributed by atoms with Gasteiger partial charge in [0.15, 0.2) is 0 Å². The molecule has 1 aliphatic rings. The fourth-order valence-electron chi connectivity index (χ4n) is 3.58. The molecule has 4 rings (SSSR count). The monoisotopic (exact) mass is 396 g/mol. The highest BCUT2D eigenvalue weighted by Crippen LogP contribution is 2.31. The molecule has 3 aromatic rings. The average Bonchev–Trinajstić information content (AvgIpc) is 2.71. The van der Waals surface area contributed by atoms with Gasteiger partial charge in [0, 0.05) is 60.6 Å². The average molecular weight is 397 g/mol. The number of anilines is 2. The van der Waals surface area contributed by atoms with Gasteiger partial charge in [0.2, 0.25) is 0 Å². The molecule has 0 amide bonds. The van der Waals surface area contributed by atoms with Gasteiger partial charge in [-0.25, -0.2) is 0 Å². The molecule has 2 heterocycles. The van der Waals surface area contributed by atoms with Gasteiger partial charge in [0.25, 0.3) is 0 Å². The molecule has 0 bridgehead atoms. The van der Waals surface area contributed by atoms with Gasteiger partial charge in [-0.2, -0.15) is 0 Å². The van der Waals surface area contributed by atoms with Crippen molar-refractivity contribution in [2.45, 2.75) is 13.2 Å². The molecule has 0 spiro atoms. The lowest BCUT2D eigenvalue weighted by Crippen LogP contribution is -2.43. The minimum atomic E-state index is -0.0841. The Hall–Kier alpha value is -2.18. The Morgan fingerprint density at radius 1 is 1.07 bits per heavy atom. The summed E-state index contributed by atoms with van der Waals surface area (Å²) in [7, 11) is 2.18. The van der Waals surface area contributed by atoms with E-state index in [0.29, 0.717) is 5.02 Å². The minimum absolute atomic E-state index is 0.0841. The van der Waals surface area contributed by atoms with Crippen LogP contribution in [0.5, 0.6) is 0 Å². The number of nitrogens with zero attached hydrogens (tertiary/aromatic N) is 3. The topological polar surface area (TPSA) is 51.6 Å². The number of likely N-dealkylation sites (N-methyl/N-ethyl adjacent to an activating group) is 1. The standard InChI is InChI=1S/C22H25ClN4O/c1-26-8-10-27(11-9-26)14-16-2-5-19(6-3-16)25-22-17(15-28)13-24-21-7-4-18(23)12-20(21)22/h2-7,12-13,28H,8-11,14-15H2,1H3,(H,24,25). The molecule has 2 N–H and O–H groups in total. The van der Waals surface area contributed by atoms with Crippen LogP contribution in [0.3, 0.4) is 0 Å². The molecule has 0 saturated carbocycles. The lowest BCUT2D eigenvalue weighted by atomic mass is 10.1. The molecule has 28 heavy (non-hydrogen) atoms. The molecule has 0 atom stereocenters. The second-order valence-corrected chi connectivity index (χ2v) is 7.82. The van der Waals surface area contributed by atoms with Gasteiger partial charge in [-0.15, -0.1) is 0 Å². The third-order valence-corrected chi connectivity index (χ3v) is 5.54. The first-order valence-electron chi connectivity index (χ1n) is 9.57. The predicted octanol–water partition coefficient (Wildman–Crippen LogP) is 3.87. The summed E-state index contributed by atoms with van der Waals surface area (Å²) in [6, 6.07) is 14.1. The Bertz CT molecular complexity index is 953. The summed E-state index contributed by atoms with van der Waals surface area (Å²) in [5.74, 6) is 0. The zero-order chi connectivity index (χ0) is 19.5. The van der Waals surface area contributed by atoms with E-state index < -0.39 is 0 Å². The van der Waals surface area contributed by atoms with E-state index in [2.05, 4.69) is 51.4 Å².